The molecular formula is C27H53N2+. The topological polar surface area (TPSA) is 8.81 Å². The first-order chi connectivity index (χ1) is 14.2. The van der Waals surface area contributed by atoms with Gasteiger partial charge in [-0.3, -0.25) is 0 Å². The van der Waals surface area contributed by atoms with Gasteiger partial charge in [-0.25, -0.2) is 9.13 Å². The van der Waals surface area contributed by atoms with Crippen LogP contribution in [0.2, 0.25) is 0 Å². The van der Waals surface area contributed by atoms with Crippen LogP contribution in [0.25, 0.3) is 0 Å². The Morgan fingerprint density at radius 3 is 1.55 bits per heavy atom. The molecule has 2 nitrogen and oxygen atoms in total. The Kier molecular flexibility index (Phi) is 16.3. The quantitative estimate of drug-likeness (QED) is 0.152. The smallest absolute Gasteiger partial charge is 0.234 e. The van der Waals surface area contributed by atoms with Gasteiger partial charge in [0.15, 0.2) is 0 Å². The molecule has 0 saturated carbocycles. The molecule has 1 aromatic heterocycles. The van der Waals surface area contributed by atoms with Crippen molar-refractivity contribution in [1.29, 1.82) is 0 Å². The van der Waals surface area contributed by atoms with Crippen molar-refractivity contribution in [2.45, 2.75) is 156 Å². The van der Waals surface area contributed by atoms with Gasteiger partial charge < -0.3 is 0 Å². The molecule has 0 aliphatic rings. The molecule has 0 amide bonds. The molecule has 0 saturated heterocycles. The third-order valence-electron chi connectivity index (χ3n) is 6.29. The van der Waals surface area contributed by atoms with Gasteiger partial charge in [-0.1, -0.05) is 118 Å². The average Bonchev–Trinajstić information content (AvgIpc) is 3.12. The van der Waals surface area contributed by atoms with Gasteiger partial charge in [0.2, 0.25) is 0 Å². The van der Waals surface area contributed by atoms with Gasteiger partial charge in [-0.05, 0) is 19.3 Å². The summed E-state index contributed by atoms with van der Waals surface area (Å²) in [5.41, 5.74) is 0. The molecule has 0 aliphatic carbocycles. The number of imidazole rings is 1. The molecule has 29 heavy (non-hydrogen) atoms. The van der Waals surface area contributed by atoms with Crippen molar-refractivity contribution in [2.24, 2.45) is 0 Å². The van der Waals surface area contributed by atoms with Crippen LogP contribution < -0.4 is 4.57 Å². The Labute approximate surface area is 183 Å². The van der Waals surface area contributed by atoms with E-state index in [0.29, 0.717) is 5.92 Å². The summed E-state index contributed by atoms with van der Waals surface area (Å²) >= 11 is 0. The third-order valence-corrected chi connectivity index (χ3v) is 6.29. The van der Waals surface area contributed by atoms with Crippen molar-refractivity contribution in [2.75, 3.05) is 0 Å². The molecule has 0 aromatic carbocycles. The van der Waals surface area contributed by atoms with Gasteiger partial charge in [0, 0.05) is 0 Å². The summed E-state index contributed by atoms with van der Waals surface area (Å²) in [6, 6.07) is 0. The van der Waals surface area contributed by atoms with Crippen molar-refractivity contribution in [3.05, 3.63) is 18.2 Å². The van der Waals surface area contributed by atoms with Crippen LogP contribution in [0.1, 0.15) is 149 Å². The second-order valence-corrected chi connectivity index (χ2v) is 9.50. The monoisotopic (exact) mass is 405 g/mol. The second kappa shape index (κ2) is 18.0. The van der Waals surface area contributed by atoms with E-state index >= 15 is 0 Å². The SMILES string of the molecule is CCCCCCCCCCCCCCCCC[n+]1ccn(CCCC)c1C(C)C. The van der Waals surface area contributed by atoms with Crippen LogP contribution in [-0.4, -0.2) is 4.57 Å². The van der Waals surface area contributed by atoms with Crippen molar-refractivity contribution < 1.29 is 4.57 Å². The molecule has 2 heteroatoms. The zero-order chi connectivity index (χ0) is 21.2. The number of nitrogens with zero attached hydrogens (tertiary/aromatic N) is 2. The lowest BCUT2D eigenvalue weighted by atomic mass is 10.0. The van der Waals surface area contributed by atoms with E-state index in [0.717, 1.165) is 0 Å². The number of aryl methyl sites for hydroxylation is 2. The summed E-state index contributed by atoms with van der Waals surface area (Å²) in [5, 5.41) is 0. The summed E-state index contributed by atoms with van der Waals surface area (Å²) in [5.74, 6) is 2.13. The van der Waals surface area contributed by atoms with Gasteiger partial charge in [-0.2, -0.15) is 0 Å². The van der Waals surface area contributed by atoms with Gasteiger partial charge in [0.1, 0.15) is 12.4 Å². The van der Waals surface area contributed by atoms with Crippen LogP contribution >= 0.6 is 0 Å². The molecule has 0 aliphatic heterocycles. The van der Waals surface area contributed by atoms with Crippen LogP contribution in [0.5, 0.6) is 0 Å². The predicted octanol–water partition coefficient (Wildman–Crippen LogP) is 8.57. The summed E-state index contributed by atoms with van der Waals surface area (Å²) in [6.07, 6.45) is 28.7. The van der Waals surface area contributed by atoms with Crippen LogP contribution in [0.4, 0.5) is 0 Å². The van der Waals surface area contributed by atoms with Crippen LogP contribution in [0.15, 0.2) is 12.4 Å². The molecule has 1 rings (SSSR count). The lowest BCUT2D eigenvalue weighted by Crippen LogP contribution is -2.38. The highest BCUT2D eigenvalue weighted by molar-refractivity contribution is 4.89. The fourth-order valence-corrected chi connectivity index (χ4v) is 4.50. The average molecular weight is 406 g/mol. The lowest BCUT2D eigenvalue weighted by molar-refractivity contribution is -0.705. The minimum Gasteiger partial charge on any atom is -0.234 e. The maximum Gasteiger partial charge on any atom is 0.258 e. The maximum absolute atomic E-state index is 2.52. The lowest BCUT2D eigenvalue weighted by Gasteiger charge is -2.08. The molecule has 0 unspecified atom stereocenters. The van der Waals surface area contributed by atoms with E-state index in [2.05, 4.69) is 49.2 Å². The normalized spacial score (nSPS) is 11.6. The van der Waals surface area contributed by atoms with Gasteiger partial charge in [0.25, 0.3) is 5.82 Å². The summed E-state index contributed by atoms with van der Waals surface area (Å²) in [7, 11) is 0. The summed E-state index contributed by atoms with van der Waals surface area (Å²) in [4.78, 5) is 0. The molecule has 0 atom stereocenters. The first-order valence-corrected chi connectivity index (χ1v) is 13.3. The summed E-state index contributed by atoms with van der Waals surface area (Å²) in [6.45, 7) is 11.6. The number of aromatic nitrogens is 2. The predicted molar refractivity (Wildman–Crippen MR) is 129 cm³/mol. The standard InChI is InChI=1S/C27H53N2/c1-5-7-9-10-11-12-13-14-15-16-17-18-19-20-21-23-29-25-24-28(22-8-6-2)27(29)26(3)4/h24-26H,5-23H2,1-4H3/q+1. The zero-order valence-electron chi connectivity index (χ0n) is 20.6. The van der Waals surface area contributed by atoms with Crippen LogP contribution in [0, 0.1) is 0 Å². The Hall–Kier alpha value is -0.790. The molecule has 170 valence electrons. The maximum atomic E-state index is 2.52. The molecule has 0 bridgehead atoms. The van der Waals surface area contributed by atoms with E-state index in [-0.39, 0.29) is 0 Å². The molecule has 0 spiro atoms. The fraction of sp³-hybridized carbons (Fsp3) is 0.889. The molecule has 0 N–H and O–H groups in total. The van der Waals surface area contributed by atoms with E-state index < -0.39 is 0 Å². The Morgan fingerprint density at radius 2 is 1.10 bits per heavy atom. The van der Waals surface area contributed by atoms with Gasteiger partial charge in [0.05, 0.1) is 19.0 Å². The number of hydrogen-bond donors (Lipinski definition) is 0. The highest BCUT2D eigenvalue weighted by atomic mass is 15.1. The number of unbranched alkanes of at least 4 members (excludes halogenated alkanes) is 15. The number of rotatable bonds is 20. The van der Waals surface area contributed by atoms with Gasteiger partial charge in [-0.15, -0.1) is 0 Å². The first kappa shape index (κ1) is 26.2. The van der Waals surface area contributed by atoms with Crippen molar-refractivity contribution in [3.8, 4) is 0 Å². The van der Waals surface area contributed by atoms with E-state index in [4.69, 9.17) is 0 Å². The minimum atomic E-state index is 0.609. The van der Waals surface area contributed by atoms with Gasteiger partial charge >= 0.3 is 0 Å². The molecule has 0 fully saturated rings. The zero-order valence-corrected chi connectivity index (χ0v) is 20.6. The molecule has 0 radical (unpaired) electrons. The highest BCUT2D eigenvalue weighted by Crippen LogP contribution is 2.14. The third kappa shape index (κ3) is 12.5. The minimum absolute atomic E-state index is 0.609. The van der Waals surface area contributed by atoms with E-state index in [1.165, 1.54) is 128 Å². The van der Waals surface area contributed by atoms with E-state index in [1.807, 2.05) is 0 Å². The molecule has 1 heterocycles. The second-order valence-electron chi connectivity index (χ2n) is 9.50. The highest BCUT2D eigenvalue weighted by Gasteiger charge is 2.19. The van der Waals surface area contributed by atoms with Crippen LogP contribution in [-0.2, 0) is 13.1 Å². The molecule has 1 aromatic rings. The Morgan fingerprint density at radius 1 is 0.655 bits per heavy atom. The van der Waals surface area contributed by atoms with Crippen LogP contribution in [0.3, 0.4) is 0 Å². The Bertz CT molecular complexity index is 475. The van der Waals surface area contributed by atoms with Crippen molar-refractivity contribution in [3.63, 3.8) is 0 Å². The van der Waals surface area contributed by atoms with Crippen molar-refractivity contribution in [1.82, 2.24) is 4.57 Å². The van der Waals surface area contributed by atoms with E-state index in [9.17, 15) is 0 Å². The van der Waals surface area contributed by atoms with E-state index in [1.54, 1.807) is 0 Å². The fourth-order valence-electron chi connectivity index (χ4n) is 4.50. The molecular weight excluding hydrogens is 352 g/mol. The van der Waals surface area contributed by atoms with Crippen molar-refractivity contribution >= 4 is 0 Å². The Balaban J connectivity index is 1.99. The number of hydrogen-bond acceptors (Lipinski definition) is 0. The largest absolute Gasteiger partial charge is 0.258 e. The first-order valence-electron chi connectivity index (χ1n) is 13.3. The summed E-state index contributed by atoms with van der Waals surface area (Å²) < 4.78 is 5.00.